The summed E-state index contributed by atoms with van der Waals surface area (Å²) in [5.41, 5.74) is 4.47. The highest BCUT2D eigenvalue weighted by Gasteiger charge is 2.21. The summed E-state index contributed by atoms with van der Waals surface area (Å²) in [6.07, 6.45) is 2.42. The topological polar surface area (TPSA) is 99.0 Å². The number of aromatic carboxylic acids is 1. The van der Waals surface area contributed by atoms with Crippen molar-refractivity contribution in [2.75, 3.05) is 6.61 Å². The van der Waals surface area contributed by atoms with Crippen LogP contribution in [0, 0.1) is 11.3 Å². The Hall–Kier alpha value is -4.37. The predicted molar refractivity (Wildman–Crippen MR) is 127 cm³/mol. The van der Waals surface area contributed by atoms with Crippen LogP contribution in [0.3, 0.4) is 0 Å². The molecule has 0 aliphatic rings. The van der Waals surface area contributed by atoms with E-state index in [1.807, 2.05) is 42.5 Å². The Labute approximate surface area is 191 Å². The molecule has 2 N–H and O–H groups in total. The van der Waals surface area contributed by atoms with Gasteiger partial charge in [-0.25, -0.2) is 9.78 Å². The van der Waals surface area contributed by atoms with E-state index >= 15 is 0 Å². The highest BCUT2D eigenvalue weighted by molar-refractivity contribution is 6.00. The fourth-order valence-electron chi connectivity index (χ4n) is 4.04. The number of para-hydroxylation sites is 1. The molecule has 1 unspecified atom stereocenters. The Morgan fingerprint density at radius 3 is 2.76 bits per heavy atom. The summed E-state index contributed by atoms with van der Waals surface area (Å²) in [6, 6.07) is 20.7. The van der Waals surface area contributed by atoms with Crippen LogP contribution >= 0.6 is 0 Å². The van der Waals surface area contributed by atoms with Gasteiger partial charge in [0.25, 0.3) is 0 Å². The summed E-state index contributed by atoms with van der Waals surface area (Å²) >= 11 is 0. The van der Waals surface area contributed by atoms with Gasteiger partial charge in [-0.15, -0.1) is 0 Å². The lowest BCUT2D eigenvalue weighted by Gasteiger charge is -2.17. The number of H-pyrrole nitrogens is 1. The second kappa shape index (κ2) is 9.41. The molecule has 0 bridgehead atoms. The average molecular weight is 437 g/mol. The zero-order valence-electron chi connectivity index (χ0n) is 18.2. The highest BCUT2D eigenvalue weighted by atomic mass is 16.5. The molecule has 4 aromatic rings. The number of benzene rings is 3. The monoisotopic (exact) mass is 437 g/mol. The largest absolute Gasteiger partial charge is 0.489 e. The van der Waals surface area contributed by atoms with E-state index in [0.29, 0.717) is 34.8 Å². The van der Waals surface area contributed by atoms with E-state index < -0.39 is 5.97 Å². The van der Waals surface area contributed by atoms with Crippen LogP contribution < -0.4 is 4.74 Å². The van der Waals surface area contributed by atoms with Gasteiger partial charge in [-0.2, -0.15) is 5.26 Å². The zero-order valence-corrected chi connectivity index (χ0v) is 18.2. The van der Waals surface area contributed by atoms with Crippen LogP contribution in [-0.4, -0.2) is 27.7 Å². The first-order valence-electron chi connectivity index (χ1n) is 10.7. The van der Waals surface area contributed by atoms with Gasteiger partial charge in [0.15, 0.2) is 0 Å². The van der Waals surface area contributed by atoms with Gasteiger partial charge in [-0.05, 0) is 36.2 Å². The van der Waals surface area contributed by atoms with E-state index in [9.17, 15) is 15.2 Å². The third kappa shape index (κ3) is 4.21. The molecule has 6 nitrogen and oxygen atoms in total. The number of carboxylic acids is 1. The molecule has 33 heavy (non-hydrogen) atoms. The number of imidazole rings is 1. The number of hydrogen-bond donors (Lipinski definition) is 2. The summed E-state index contributed by atoms with van der Waals surface area (Å²) in [7, 11) is 0. The molecule has 1 aromatic heterocycles. The predicted octanol–water partition coefficient (Wildman–Crippen LogP) is 5.91. The van der Waals surface area contributed by atoms with Gasteiger partial charge in [0.2, 0.25) is 0 Å². The Balaban J connectivity index is 1.81. The molecule has 0 saturated heterocycles. The van der Waals surface area contributed by atoms with Crippen molar-refractivity contribution in [1.29, 1.82) is 5.26 Å². The van der Waals surface area contributed by atoms with Gasteiger partial charge in [0.05, 0.1) is 22.7 Å². The molecule has 4 rings (SSSR count). The Kier molecular flexibility index (Phi) is 6.23. The molecule has 3 aromatic carbocycles. The van der Waals surface area contributed by atoms with Crippen LogP contribution in [-0.2, 0) is 0 Å². The van der Waals surface area contributed by atoms with Crippen LogP contribution in [0.15, 0.2) is 73.3 Å². The van der Waals surface area contributed by atoms with Crippen molar-refractivity contribution in [3.05, 3.63) is 95.8 Å². The first-order chi connectivity index (χ1) is 16.1. The highest BCUT2D eigenvalue weighted by Crippen LogP contribution is 2.37. The number of ether oxygens (including phenoxy) is 1. The van der Waals surface area contributed by atoms with Gasteiger partial charge in [-0.3, -0.25) is 0 Å². The Bertz CT molecular complexity index is 1380. The van der Waals surface area contributed by atoms with Crippen molar-refractivity contribution in [2.24, 2.45) is 0 Å². The van der Waals surface area contributed by atoms with Gasteiger partial charge >= 0.3 is 5.97 Å². The molecule has 0 spiro atoms. The number of nitriles is 1. The average Bonchev–Trinajstić information content (AvgIpc) is 3.27. The number of fused-ring (bicyclic) bond motifs is 1. The summed E-state index contributed by atoms with van der Waals surface area (Å²) in [5.74, 6) is 0.245. The smallest absolute Gasteiger partial charge is 0.337 e. The number of carboxylic acid groups (broad SMARTS) is 1. The summed E-state index contributed by atoms with van der Waals surface area (Å²) < 4.78 is 5.99. The van der Waals surface area contributed by atoms with E-state index in [1.165, 1.54) is 0 Å². The van der Waals surface area contributed by atoms with Crippen LogP contribution in [0.4, 0.5) is 0 Å². The second-order valence-electron chi connectivity index (χ2n) is 7.60. The molecule has 0 saturated carbocycles. The molecule has 0 amide bonds. The van der Waals surface area contributed by atoms with E-state index in [0.717, 1.165) is 23.1 Å². The van der Waals surface area contributed by atoms with Gasteiger partial charge < -0.3 is 14.8 Å². The van der Waals surface area contributed by atoms with Crippen LogP contribution in [0.1, 0.15) is 46.6 Å². The molecule has 0 aliphatic heterocycles. The number of carbonyl (C=O) groups is 1. The van der Waals surface area contributed by atoms with Crippen molar-refractivity contribution in [3.63, 3.8) is 0 Å². The number of aromatic amines is 1. The maximum atomic E-state index is 11.6. The van der Waals surface area contributed by atoms with Crippen molar-refractivity contribution in [1.82, 2.24) is 9.97 Å². The summed E-state index contributed by atoms with van der Waals surface area (Å²) in [4.78, 5) is 19.5. The minimum absolute atomic E-state index is 0.0922. The summed E-state index contributed by atoms with van der Waals surface area (Å²) in [6.45, 7) is 6.12. The summed E-state index contributed by atoms with van der Waals surface area (Å²) in [5, 5.41) is 19.0. The fourth-order valence-corrected chi connectivity index (χ4v) is 4.04. The van der Waals surface area contributed by atoms with Crippen molar-refractivity contribution < 1.29 is 14.6 Å². The molecule has 1 atom stereocenters. The molecular weight excluding hydrogens is 414 g/mol. The first kappa shape index (κ1) is 21.8. The normalized spacial score (nSPS) is 11.6. The lowest BCUT2D eigenvalue weighted by Crippen LogP contribution is -2.04. The molecule has 0 aliphatic carbocycles. The quantitative estimate of drug-likeness (QED) is 0.334. The van der Waals surface area contributed by atoms with Crippen LogP contribution in [0.25, 0.3) is 22.2 Å². The van der Waals surface area contributed by atoms with Crippen LogP contribution in [0.5, 0.6) is 5.75 Å². The first-order valence-corrected chi connectivity index (χ1v) is 10.7. The van der Waals surface area contributed by atoms with Crippen molar-refractivity contribution >= 4 is 17.0 Å². The van der Waals surface area contributed by atoms with E-state index in [-0.39, 0.29) is 11.5 Å². The standard InChI is InChI=1S/C27H23N3O3/c1-3-14-33-24-15-17(12-13-21(24)20-9-6-5-8-18(20)16-28)19(4-2)26-29-23-11-7-10-22(27(31)32)25(23)30-26/h3,5-13,15,19H,1,4,14H2,2H3,(H,29,30)(H,31,32). The fraction of sp³-hybridized carbons (Fsp3) is 0.148. The van der Waals surface area contributed by atoms with Gasteiger partial charge in [0, 0.05) is 17.0 Å². The Morgan fingerprint density at radius 1 is 1.21 bits per heavy atom. The molecule has 164 valence electrons. The second-order valence-corrected chi connectivity index (χ2v) is 7.60. The van der Waals surface area contributed by atoms with Crippen molar-refractivity contribution in [3.8, 4) is 22.9 Å². The number of rotatable bonds is 8. The Morgan fingerprint density at radius 2 is 2.03 bits per heavy atom. The van der Waals surface area contributed by atoms with E-state index in [2.05, 4.69) is 29.5 Å². The molecule has 1 heterocycles. The lowest BCUT2D eigenvalue weighted by molar-refractivity contribution is 0.0699. The van der Waals surface area contributed by atoms with Crippen LogP contribution in [0.2, 0.25) is 0 Å². The van der Waals surface area contributed by atoms with E-state index in [1.54, 1.807) is 24.3 Å². The van der Waals surface area contributed by atoms with Crippen molar-refractivity contribution in [2.45, 2.75) is 19.3 Å². The van der Waals surface area contributed by atoms with Gasteiger partial charge in [0.1, 0.15) is 23.7 Å². The van der Waals surface area contributed by atoms with Gasteiger partial charge in [-0.1, -0.05) is 56.0 Å². The van der Waals surface area contributed by atoms with E-state index in [4.69, 9.17) is 4.74 Å². The maximum Gasteiger partial charge on any atom is 0.337 e. The third-order valence-corrected chi connectivity index (χ3v) is 5.60. The SMILES string of the molecule is C=CCOc1cc(C(CC)c2nc3c(C(=O)O)cccc3[nH]2)ccc1-c1ccccc1C#N. The minimum atomic E-state index is -1.01. The minimum Gasteiger partial charge on any atom is -0.489 e. The lowest BCUT2D eigenvalue weighted by atomic mass is 9.92. The molecule has 0 radical (unpaired) electrons. The number of hydrogen-bond acceptors (Lipinski definition) is 4. The third-order valence-electron chi connectivity index (χ3n) is 5.60. The molecule has 6 heteroatoms. The number of nitrogens with one attached hydrogen (secondary N) is 1. The number of nitrogens with zero attached hydrogens (tertiary/aromatic N) is 2. The molecular formula is C27H23N3O3. The number of aromatic nitrogens is 2. The molecule has 0 fully saturated rings. The zero-order chi connectivity index (χ0) is 23.4. The maximum absolute atomic E-state index is 11.6.